The van der Waals surface area contributed by atoms with Crippen molar-refractivity contribution in [2.75, 3.05) is 13.1 Å². The summed E-state index contributed by atoms with van der Waals surface area (Å²) in [4.78, 5) is 36.2. The van der Waals surface area contributed by atoms with Gasteiger partial charge in [0, 0.05) is 11.0 Å². The summed E-state index contributed by atoms with van der Waals surface area (Å²) in [7, 11) is 0. The summed E-state index contributed by atoms with van der Waals surface area (Å²) in [6.07, 6.45) is 0. The molecule has 0 aromatic carbocycles. The molecule has 1 aliphatic heterocycles. The van der Waals surface area contributed by atoms with Crippen LogP contribution in [0.5, 0.6) is 0 Å². The molecule has 1 fully saturated rings. The summed E-state index contributed by atoms with van der Waals surface area (Å²) in [6, 6.07) is 0.563. The molecular formula is C10H8Br2N2O4S. The minimum absolute atomic E-state index is 0.0758. The van der Waals surface area contributed by atoms with E-state index in [0.717, 1.165) is 8.69 Å². The van der Waals surface area contributed by atoms with Gasteiger partial charge in [0.05, 0.1) is 8.66 Å². The second kappa shape index (κ2) is 5.59. The maximum absolute atomic E-state index is 12.3. The molecule has 2 amide bonds. The van der Waals surface area contributed by atoms with Crippen LogP contribution >= 0.6 is 43.2 Å². The SMILES string of the molecule is O=C1CN(C(=O)c2cc(Br)c(Br)s2)C(C(=O)O)CN1. The molecule has 0 radical (unpaired) electrons. The molecule has 102 valence electrons. The minimum atomic E-state index is -1.14. The van der Waals surface area contributed by atoms with Gasteiger partial charge in [-0.2, -0.15) is 0 Å². The normalized spacial score (nSPS) is 19.2. The van der Waals surface area contributed by atoms with Crippen molar-refractivity contribution in [2.45, 2.75) is 6.04 Å². The number of carbonyl (C=O) groups is 3. The number of aliphatic carboxylic acids is 1. The highest BCUT2D eigenvalue weighted by molar-refractivity contribution is 9.13. The number of carboxylic acids is 1. The predicted octanol–water partition coefficient (Wildman–Crippen LogP) is 1.30. The zero-order valence-corrected chi connectivity index (χ0v) is 13.3. The van der Waals surface area contributed by atoms with E-state index in [-0.39, 0.29) is 19.0 Å². The average molecular weight is 412 g/mol. The number of halogens is 2. The van der Waals surface area contributed by atoms with Crippen molar-refractivity contribution < 1.29 is 19.5 Å². The van der Waals surface area contributed by atoms with Crippen LogP contribution in [0.25, 0.3) is 0 Å². The number of amides is 2. The number of piperazine rings is 1. The quantitative estimate of drug-likeness (QED) is 0.767. The maximum atomic E-state index is 12.3. The fourth-order valence-electron chi connectivity index (χ4n) is 1.67. The Morgan fingerprint density at radius 1 is 1.47 bits per heavy atom. The van der Waals surface area contributed by atoms with Crippen molar-refractivity contribution in [3.63, 3.8) is 0 Å². The highest BCUT2D eigenvalue weighted by Gasteiger charge is 2.36. The van der Waals surface area contributed by atoms with Crippen LogP contribution in [-0.2, 0) is 9.59 Å². The Kier molecular flexibility index (Phi) is 4.26. The molecule has 1 unspecified atom stereocenters. The summed E-state index contributed by atoms with van der Waals surface area (Å²) in [5.41, 5.74) is 0. The Labute approximate surface area is 129 Å². The van der Waals surface area contributed by atoms with Crippen LogP contribution in [0.15, 0.2) is 14.3 Å². The first-order chi connectivity index (χ1) is 8.90. The van der Waals surface area contributed by atoms with Gasteiger partial charge in [0.15, 0.2) is 0 Å². The van der Waals surface area contributed by atoms with Gasteiger partial charge in [0.1, 0.15) is 12.6 Å². The molecular weight excluding hydrogens is 404 g/mol. The fourth-order valence-corrected chi connectivity index (χ4v) is 3.66. The highest BCUT2D eigenvalue weighted by Crippen LogP contribution is 2.33. The number of nitrogens with zero attached hydrogens (tertiary/aromatic N) is 1. The molecule has 9 heteroatoms. The number of carboxylic acid groups (broad SMARTS) is 1. The van der Waals surface area contributed by atoms with Crippen LogP contribution in [0.3, 0.4) is 0 Å². The first kappa shape index (κ1) is 14.5. The van der Waals surface area contributed by atoms with Gasteiger partial charge in [-0.05, 0) is 37.9 Å². The lowest BCUT2D eigenvalue weighted by atomic mass is 10.2. The van der Waals surface area contributed by atoms with Gasteiger partial charge in [-0.25, -0.2) is 4.79 Å². The molecule has 0 saturated carbocycles. The molecule has 1 aromatic heterocycles. The van der Waals surface area contributed by atoms with Crippen molar-refractivity contribution in [3.05, 3.63) is 19.2 Å². The minimum Gasteiger partial charge on any atom is -0.480 e. The Hall–Kier alpha value is -0.930. The molecule has 1 saturated heterocycles. The van der Waals surface area contributed by atoms with Crippen molar-refractivity contribution in [3.8, 4) is 0 Å². The molecule has 0 aliphatic carbocycles. The second-order valence-electron chi connectivity index (χ2n) is 3.82. The maximum Gasteiger partial charge on any atom is 0.328 e. The van der Waals surface area contributed by atoms with Crippen LogP contribution in [0.4, 0.5) is 0 Å². The number of hydrogen-bond donors (Lipinski definition) is 2. The molecule has 1 aromatic rings. The number of rotatable bonds is 2. The zero-order chi connectivity index (χ0) is 14.2. The number of hydrogen-bond acceptors (Lipinski definition) is 4. The van der Waals surface area contributed by atoms with Gasteiger partial charge in [0.25, 0.3) is 5.91 Å². The third kappa shape index (κ3) is 2.98. The van der Waals surface area contributed by atoms with E-state index in [1.54, 1.807) is 6.07 Å². The van der Waals surface area contributed by atoms with Crippen molar-refractivity contribution >= 4 is 61.0 Å². The number of thiophene rings is 1. The van der Waals surface area contributed by atoms with Gasteiger partial charge < -0.3 is 15.3 Å². The predicted molar refractivity (Wildman–Crippen MR) is 75.2 cm³/mol. The molecule has 2 heterocycles. The van der Waals surface area contributed by atoms with E-state index in [9.17, 15) is 14.4 Å². The van der Waals surface area contributed by atoms with Crippen LogP contribution < -0.4 is 5.32 Å². The van der Waals surface area contributed by atoms with Crippen LogP contribution in [0.2, 0.25) is 0 Å². The monoisotopic (exact) mass is 410 g/mol. The Morgan fingerprint density at radius 2 is 2.16 bits per heavy atom. The Bertz CT molecular complexity index is 540. The average Bonchev–Trinajstić information content (AvgIpc) is 2.68. The molecule has 0 spiro atoms. The number of carbonyl (C=O) groups excluding carboxylic acids is 2. The van der Waals surface area contributed by atoms with Gasteiger partial charge in [-0.3, -0.25) is 9.59 Å². The van der Waals surface area contributed by atoms with E-state index in [1.165, 1.54) is 11.3 Å². The van der Waals surface area contributed by atoms with Gasteiger partial charge in [-0.15, -0.1) is 11.3 Å². The second-order valence-corrected chi connectivity index (χ2v) is 7.05. The summed E-state index contributed by atoms with van der Waals surface area (Å²) in [5.74, 6) is -1.96. The third-order valence-electron chi connectivity index (χ3n) is 2.58. The van der Waals surface area contributed by atoms with Crippen LogP contribution in [0.1, 0.15) is 9.67 Å². The topological polar surface area (TPSA) is 86.7 Å². The lowest BCUT2D eigenvalue weighted by molar-refractivity contribution is -0.144. The number of nitrogens with one attached hydrogen (secondary N) is 1. The smallest absolute Gasteiger partial charge is 0.328 e. The molecule has 1 aliphatic rings. The van der Waals surface area contributed by atoms with E-state index in [0.29, 0.717) is 9.35 Å². The van der Waals surface area contributed by atoms with Gasteiger partial charge >= 0.3 is 5.97 Å². The molecule has 19 heavy (non-hydrogen) atoms. The third-order valence-corrected chi connectivity index (χ3v) is 5.83. The van der Waals surface area contributed by atoms with Gasteiger partial charge in [-0.1, -0.05) is 0 Å². The van der Waals surface area contributed by atoms with E-state index in [2.05, 4.69) is 37.2 Å². The lowest BCUT2D eigenvalue weighted by Crippen LogP contribution is -2.59. The van der Waals surface area contributed by atoms with E-state index < -0.39 is 17.9 Å². The van der Waals surface area contributed by atoms with Crippen molar-refractivity contribution in [1.29, 1.82) is 0 Å². The fraction of sp³-hybridized carbons (Fsp3) is 0.300. The first-order valence-electron chi connectivity index (χ1n) is 5.15. The standard InChI is InChI=1S/C10H8Br2N2O4S/c11-4-1-6(19-8(4)12)9(16)14-3-7(15)13-2-5(14)10(17)18/h1,5H,2-3H2,(H,13,15)(H,17,18). The van der Waals surface area contributed by atoms with E-state index in [1.807, 2.05) is 0 Å². The molecule has 1 atom stereocenters. The van der Waals surface area contributed by atoms with E-state index >= 15 is 0 Å². The van der Waals surface area contributed by atoms with E-state index in [4.69, 9.17) is 5.11 Å². The molecule has 2 N–H and O–H groups in total. The van der Waals surface area contributed by atoms with Gasteiger partial charge in [0.2, 0.25) is 5.91 Å². The first-order valence-corrected chi connectivity index (χ1v) is 7.55. The molecule has 2 rings (SSSR count). The lowest BCUT2D eigenvalue weighted by Gasteiger charge is -2.32. The summed E-state index contributed by atoms with van der Waals surface area (Å²) in [6.45, 7) is -0.323. The zero-order valence-electron chi connectivity index (χ0n) is 9.35. The molecule has 0 bridgehead atoms. The van der Waals surface area contributed by atoms with Crippen LogP contribution in [-0.4, -0.2) is 46.9 Å². The summed E-state index contributed by atoms with van der Waals surface area (Å²) in [5, 5.41) is 11.5. The highest BCUT2D eigenvalue weighted by atomic mass is 79.9. The molecule has 6 nitrogen and oxygen atoms in total. The Balaban J connectivity index is 2.28. The van der Waals surface area contributed by atoms with Crippen molar-refractivity contribution in [2.24, 2.45) is 0 Å². The largest absolute Gasteiger partial charge is 0.480 e. The summed E-state index contributed by atoms with van der Waals surface area (Å²) < 4.78 is 1.46. The van der Waals surface area contributed by atoms with Crippen molar-refractivity contribution in [1.82, 2.24) is 10.2 Å². The Morgan fingerprint density at radius 3 is 2.68 bits per heavy atom. The van der Waals surface area contributed by atoms with Crippen LogP contribution in [0, 0.1) is 0 Å². The summed E-state index contributed by atoms with van der Waals surface area (Å²) >= 11 is 7.72.